The number of aromatic nitrogens is 1. The third-order valence-electron chi connectivity index (χ3n) is 3.76. The number of guanidine groups is 1. The number of nitrogens with zero attached hydrogens (tertiary/aromatic N) is 2. The van der Waals surface area contributed by atoms with E-state index in [1.807, 2.05) is 38.3 Å². The number of rotatable bonds is 7. The summed E-state index contributed by atoms with van der Waals surface area (Å²) in [7, 11) is 0. The molecule has 0 aliphatic carbocycles. The molecule has 134 valence electrons. The van der Waals surface area contributed by atoms with E-state index in [2.05, 4.69) is 20.6 Å². The number of benzene rings is 1. The highest BCUT2D eigenvalue weighted by atomic mass is 32.2. The molecular weight excluding hydrogens is 335 g/mol. The minimum atomic E-state index is -0.201. The van der Waals surface area contributed by atoms with Gasteiger partial charge in [0.15, 0.2) is 5.96 Å². The smallest absolute Gasteiger partial charge is 0.191 e. The van der Waals surface area contributed by atoms with Crippen LogP contribution in [0.25, 0.3) is 0 Å². The van der Waals surface area contributed by atoms with Crippen molar-refractivity contribution in [3.05, 3.63) is 64.7 Å². The quantitative estimate of drug-likeness (QED) is 0.585. The molecule has 0 aliphatic rings. The first-order chi connectivity index (χ1) is 12.1. The molecule has 1 heterocycles. The molecule has 0 unspecified atom stereocenters. The van der Waals surface area contributed by atoms with Gasteiger partial charge in [-0.15, -0.1) is 0 Å². The summed E-state index contributed by atoms with van der Waals surface area (Å²) in [6.45, 7) is 5.96. The van der Waals surface area contributed by atoms with E-state index in [1.165, 1.54) is 6.07 Å². The van der Waals surface area contributed by atoms with Crippen molar-refractivity contribution in [1.82, 2.24) is 15.6 Å². The van der Waals surface area contributed by atoms with Gasteiger partial charge >= 0.3 is 0 Å². The molecule has 2 N–H and O–H groups in total. The lowest BCUT2D eigenvalue weighted by atomic mass is 10.1. The van der Waals surface area contributed by atoms with Crippen molar-refractivity contribution in [3.63, 3.8) is 0 Å². The number of thioether (sulfide) groups is 1. The monoisotopic (exact) mass is 360 g/mol. The minimum Gasteiger partial charge on any atom is -0.357 e. The van der Waals surface area contributed by atoms with Crippen molar-refractivity contribution >= 4 is 17.7 Å². The zero-order chi connectivity index (χ0) is 18.1. The Hall–Kier alpha value is -2.08. The van der Waals surface area contributed by atoms with Gasteiger partial charge in [-0.1, -0.05) is 12.1 Å². The lowest BCUT2D eigenvalue weighted by Gasteiger charge is -2.13. The molecule has 2 aromatic rings. The molecule has 0 fully saturated rings. The van der Waals surface area contributed by atoms with Gasteiger partial charge in [-0.3, -0.25) is 4.98 Å². The Labute approximate surface area is 153 Å². The molecule has 4 nitrogen and oxygen atoms in total. The molecule has 0 amide bonds. The Kier molecular flexibility index (Phi) is 7.73. The number of hydrogen-bond acceptors (Lipinski definition) is 3. The number of aliphatic imine (C=N–C) groups is 1. The van der Waals surface area contributed by atoms with Crippen LogP contribution in [0, 0.1) is 12.7 Å². The van der Waals surface area contributed by atoms with Gasteiger partial charge in [-0.2, -0.15) is 11.8 Å². The highest BCUT2D eigenvalue weighted by Crippen LogP contribution is 2.17. The number of pyridine rings is 1. The van der Waals surface area contributed by atoms with Crippen LogP contribution < -0.4 is 10.6 Å². The minimum absolute atomic E-state index is 0.201. The van der Waals surface area contributed by atoms with Crippen molar-refractivity contribution in [2.24, 2.45) is 4.99 Å². The predicted molar refractivity (Wildman–Crippen MR) is 104 cm³/mol. The second-order valence-corrected chi connectivity index (χ2v) is 6.53. The summed E-state index contributed by atoms with van der Waals surface area (Å²) >= 11 is 1.68. The number of hydrogen-bond donors (Lipinski definition) is 2. The second kappa shape index (κ2) is 10.0. The van der Waals surface area contributed by atoms with Gasteiger partial charge in [0, 0.05) is 18.5 Å². The van der Waals surface area contributed by atoms with Crippen molar-refractivity contribution < 1.29 is 4.39 Å². The molecule has 1 aromatic heterocycles. The summed E-state index contributed by atoms with van der Waals surface area (Å²) in [5.74, 6) is 1.30. The summed E-state index contributed by atoms with van der Waals surface area (Å²) < 4.78 is 13.5. The standard InChI is InChI=1S/C19H25FN4S/c1-4-21-19(24-12-18-14(2)6-5-9-22-18)23-11-15-7-8-17(20)10-16(15)13-25-3/h5-10H,4,11-13H2,1-3H3,(H2,21,23,24). The molecule has 0 radical (unpaired) electrons. The second-order valence-electron chi connectivity index (χ2n) is 5.66. The maximum absolute atomic E-state index is 13.5. The van der Waals surface area contributed by atoms with Gasteiger partial charge in [0.1, 0.15) is 5.82 Å². The Morgan fingerprint density at radius 2 is 2.08 bits per heavy atom. The van der Waals surface area contributed by atoms with Crippen LogP contribution in [0.1, 0.15) is 29.3 Å². The highest BCUT2D eigenvalue weighted by molar-refractivity contribution is 7.97. The molecule has 0 aliphatic heterocycles. The molecule has 6 heteroatoms. The number of aryl methyl sites for hydroxylation is 1. The molecule has 0 saturated heterocycles. The molecule has 0 spiro atoms. The van der Waals surface area contributed by atoms with Crippen LogP contribution in [0.3, 0.4) is 0 Å². The highest BCUT2D eigenvalue weighted by Gasteiger charge is 2.05. The van der Waals surface area contributed by atoms with Crippen LogP contribution in [0.2, 0.25) is 0 Å². The first-order valence-corrected chi connectivity index (χ1v) is 9.72. The van der Waals surface area contributed by atoms with Crippen molar-refractivity contribution in [1.29, 1.82) is 0 Å². The first-order valence-electron chi connectivity index (χ1n) is 8.33. The molecule has 0 bridgehead atoms. The lowest BCUT2D eigenvalue weighted by molar-refractivity contribution is 0.625. The summed E-state index contributed by atoms with van der Waals surface area (Å²) in [6, 6.07) is 8.88. The Balaban J connectivity index is 2.08. The fourth-order valence-corrected chi connectivity index (χ4v) is 3.00. The number of halogens is 1. The topological polar surface area (TPSA) is 49.3 Å². The van der Waals surface area contributed by atoms with Gasteiger partial charge in [0.2, 0.25) is 0 Å². The zero-order valence-electron chi connectivity index (χ0n) is 15.0. The van der Waals surface area contributed by atoms with Crippen LogP contribution >= 0.6 is 11.8 Å². The summed E-state index contributed by atoms with van der Waals surface area (Å²) in [5, 5.41) is 6.55. The zero-order valence-corrected chi connectivity index (χ0v) is 15.8. The van der Waals surface area contributed by atoms with Crippen molar-refractivity contribution in [2.75, 3.05) is 12.8 Å². The Morgan fingerprint density at radius 1 is 1.24 bits per heavy atom. The van der Waals surface area contributed by atoms with Crippen LogP contribution in [-0.4, -0.2) is 23.7 Å². The Bertz CT molecular complexity index is 718. The molecule has 2 rings (SSSR count). The van der Waals surface area contributed by atoms with Gasteiger partial charge in [-0.25, -0.2) is 9.38 Å². The van der Waals surface area contributed by atoms with Gasteiger partial charge in [0.25, 0.3) is 0 Å². The molecule has 25 heavy (non-hydrogen) atoms. The average molecular weight is 361 g/mol. The van der Waals surface area contributed by atoms with Gasteiger partial charge in [-0.05, 0) is 55.0 Å². The maximum atomic E-state index is 13.5. The fourth-order valence-electron chi connectivity index (χ4n) is 2.42. The van der Waals surface area contributed by atoms with E-state index in [4.69, 9.17) is 0 Å². The summed E-state index contributed by atoms with van der Waals surface area (Å²) in [5.41, 5.74) is 4.18. The van der Waals surface area contributed by atoms with Gasteiger partial charge in [0.05, 0.1) is 18.8 Å². The fraction of sp³-hybridized carbons (Fsp3) is 0.368. The van der Waals surface area contributed by atoms with E-state index < -0.39 is 0 Å². The molecular formula is C19H25FN4S. The van der Waals surface area contributed by atoms with E-state index in [1.54, 1.807) is 24.0 Å². The molecule has 1 aromatic carbocycles. The average Bonchev–Trinajstić information content (AvgIpc) is 2.60. The number of nitrogens with one attached hydrogen (secondary N) is 2. The van der Waals surface area contributed by atoms with E-state index in [9.17, 15) is 4.39 Å². The lowest BCUT2D eigenvalue weighted by Crippen LogP contribution is -2.37. The van der Waals surface area contributed by atoms with Crippen LogP contribution in [0.5, 0.6) is 0 Å². The van der Waals surface area contributed by atoms with Crippen molar-refractivity contribution in [3.8, 4) is 0 Å². The normalized spacial score (nSPS) is 11.4. The van der Waals surface area contributed by atoms with E-state index in [-0.39, 0.29) is 5.82 Å². The van der Waals surface area contributed by atoms with Crippen LogP contribution in [0.4, 0.5) is 4.39 Å². The van der Waals surface area contributed by atoms with E-state index in [0.29, 0.717) is 13.1 Å². The van der Waals surface area contributed by atoms with Crippen molar-refractivity contribution in [2.45, 2.75) is 32.7 Å². The summed E-state index contributed by atoms with van der Waals surface area (Å²) in [4.78, 5) is 9.02. The maximum Gasteiger partial charge on any atom is 0.191 e. The predicted octanol–water partition coefficient (Wildman–Crippen LogP) is 3.65. The first kappa shape index (κ1) is 19.2. The van der Waals surface area contributed by atoms with Crippen LogP contribution in [-0.2, 0) is 18.8 Å². The third-order valence-corrected chi connectivity index (χ3v) is 4.36. The molecule has 0 atom stereocenters. The Morgan fingerprint density at radius 3 is 2.80 bits per heavy atom. The third kappa shape index (κ3) is 6.05. The largest absolute Gasteiger partial charge is 0.357 e. The summed E-state index contributed by atoms with van der Waals surface area (Å²) in [6.07, 6.45) is 3.81. The SMILES string of the molecule is CCNC(=NCc1ccc(F)cc1CSC)NCc1ncccc1C. The van der Waals surface area contributed by atoms with Gasteiger partial charge < -0.3 is 10.6 Å². The molecule has 0 saturated carbocycles. The van der Waals surface area contributed by atoms with Crippen LogP contribution in [0.15, 0.2) is 41.5 Å². The van der Waals surface area contributed by atoms with E-state index in [0.717, 1.165) is 40.6 Å². The van der Waals surface area contributed by atoms with E-state index >= 15 is 0 Å².